The molecule has 4 N–H and O–H groups in total. The van der Waals surface area contributed by atoms with Crippen LogP contribution in [-0.4, -0.2) is 27.3 Å². The van der Waals surface area contributed by atoms with Crippen LogP contribution in [0.15, 0.2) is 36.7 Å². The van der Waals surface area contributed by atoms with Crippen LogP contribution in [0.3, 0.4) is 0 Å². The number of amides is 1. The van der Waals surface area contributed by atoms with Crippen LogP contribution < -0.4 is 10.6 Å². The zero-order valence-electron chi connectivity index (χ0n) is 15.8. The molecular formula is C20H26FN3O3. The van der Waals surface area contributed by atoms with E-state index in [1.807, 2.05) is 6.07 Å². The van der Waals surface area contributed by atoms with Crippen LogP contribution in [0.4, 0.5) is 14.9 Å². The van der Waals surface area contributed by atoms with Crippen LogP contribution in [0.25, 0.3) is 0 Å². The fraction of sp³-hybridized carbons (Fsp3) is 0.400. The molecule has 0 unspecified atom stereocenters. The Morgan fingerprint density at radius 1 is 1.26 bits per heavy atom. The summed E-state index contributed by atoms with van der Waals surface area (Å²) in [6, 6.07) is 6.91. The van der Waals surface area contributed by atoms with Gasteiger partial charge in [0.05, 0.1) is 5.69 Å². The third kappa shape index (κ3) is 6.44. The van der Waals surface area contributed by atoms with Crippen LogP contribution in [-0.2, 0) is 18.6 Å². The molecule has 1 aromatic carbocycles. The second-order valence-electron chi connectivity index (χ2n) is 7.15. The van der Waals surface area contributed by atoms with E-state index < -0.39 is 11.8 Å². The number of hydrogen-bond acceptors (Lipinski definition) is 4. The first-order valence-corrected chi connectivity index (χ1v) is 8.83. The standard InChI is InChI=1S/C20H26FN3O3/c1-13(24-19(26)27)4-5-14-6-7-17(18(25)9-14)23-11-15-8-16(12-22-10-15)20(2,3)21/h6-10,12-13,23-25H,4-5,11H2,1-3H3,(H,26,27)/t13-/m0/s1. The molecule has 1 atom stereocenters. The van der Waals surface area contributed by atoms with Gasteiger partial charge in [0.1, 0.15) is 11.4 Å². The predicted octanol–water partition coefficient (Wildman–Crippen LogP) is 4.19. The predicted molar refractivity (Wildman–Crippen MR) is 103 cm³/mol. The monoisotopic (exact) mass is 375 g/mol. The molecule has 7 heteroatoms. The lowest BCUT2D eigenvalue weighted by molar-refractivity contribution is 0.190. The molecule has 6 nitrogen and oxygen atoms in total. The number of carboxylic acid groups (broad SMARTS) is 1. The van der Waals surface area contributed by atoms with Crippen molar-refractivity contribution in [2.24, 2.45) is 0 Å². The average molecular weight is 375 g/mol. The molecule has 0 saturated carbocycles. The van der Waals surface area contributed by atoms with Gasteiger partial charge in [-0.2, -0.15) is 0 Å². The summed E-state index contributed by atoms with van der Waals surface area (Å²) in [5.74, 6) is 0.112. The van der Waals surface area contributed by atoms with Crippen LogP contribution >= 0.6 is 0 Å². The summed E-state index contributed by atoms with van der Waals surface area (Å²) in [7, 11) is 0. The van der Waals surface area contributed by atoms with Crippen molar-refractivity contribution in [3.63, 3.8) is 0 Å². The van der Waals surface area contributed by atoms with Gasteiger partial charge < -0.3 is 20.8 Å². The highest BCUT2D eigenvalue weighted by Gasteiger charge is 2.19. The second-order valence-corrected chi connectivity index (χ2v) is 7.15. The largest absolute Gasteiger partial charge is 0.506 e. The van der Waals surface area contributed by atoms with Crippen LogP contribution in [0, 0.1) is 0 Å². The van der Waals surface area contributed by atoms with Gasteiger partial charge in [0.15, 0.2) is 0 Å². The van der Waals surface area contributed by atoms with Gasteiger partial charge in [-0.1, -0.05) is 6.07 Å². The molecule has 1 amide bonds. The first-order chi connectivity index (χ1) is 12.6. The number of aryl methyl sites for hydroxylation is 1. The minimum atomic E-state index is -1.46. The lowest BCUT2D eigenvalue weighted by atomic mass is 10.0. The van der Waals surface area contributed by atoms with Crippen molar-refractivity contribution in [1.29, 1.82) is 0 Å². The molecule has 0 aliphatic heterocycles. The van der Waals surface area contributed by atoms with Gasteiger partial charge in [-0.3, -0.25) is 4.98 Å². The third-order valence-electron chi connectivity index (χ3n) is 4.26. The maximum absolute atomic E-state index is 14.0. The lowest BCUT2D eigenvalue weighted by Gasteiger charge is -2.16. The zero-order valence-corrected chi connectivity index (χ0v) is 15.8. The van der Waals surface area contributed by atoms with Gasteiger partial charge in [-0.25, -0.2) is 9.18 Å². The number of alkyl halides is 1. The number of phenols is 1. The zero-order chi connectivity index (χ0) is 20.0. The summed E-state index contributed by atoms with van der Waals surface area (Å²) >= 11 is 0. The number of pyridine rings is 1. The number of rotatable bonds is 8. The van der Waals surface area contributed by atoms with Crippen LogP contribution in [0.5, 0.6) is 5.75 Å². The number of carbonyl (C=O) groups is 1. The molecular weight excluding hydrogens is 349 g/mol. The number of hydrogen-bond donors (Lipinski definition) is 4. The number of benzene rings is 1. The summed E-state index contributed by atoms with van der Waals surface area (Å²) in [6.45, 7) is 5.17. The van der Waals surface area contributed by atoms with Gasteiger partial charge in [0.25, 0.3) is 0 Å². The van der Waals surface area contributed by atoms with Gasteiger partial charge in [-0.15, -0.1) is 0 Å². The molecule has 0 saturated heterocycles. The molecule has 0 radical (unpaired) electrons. The van der Waals surface area contributed by atoms with Crippen molar-refractivity contribution in [2.75, 3.05) is 5.32 Å². The molecule has 1 heterocycles. The number of aromatic hydroxyl groups is 1. The Bertz CT molecular complexity index is 790. The Morgan fingerprint density at radius 3 is 2.63 bits per heavy atom. The molecule has 146 valence electrons. The first-order valence-electron chi connectivity index (χ1n) is 8.83. The first kappa shape index (κ1) is 20.5. The minimum Gasteiger partial charge on any atom is -0.506 e. The SMILES string of the molecule is C[C@@H](CCc1ccc(NCc2cncc(C(C)(C)F)c2)c(O)c1)NC(=O)O. The van der Waals surface area contributed by atoms with E-state index in [9.17, 15) is 14.3 Å². The highest BCUT2D eigenvalue weighted by atomic mass is 19.1. The summed E-state index contributed by atoms with van der Waals surface area (Å²) < 4.78 is 14.0. The van der Waals surface area contributed by atoms with Crippen molar-refractivity contribution < 1.29 is 19.4 Å². The Hall–Kier alpha value is -2.83. The fourth-order valence-corrected chi connectivity index (χ4v) is 2.65. The van der Waals surface area contributed by atoms with Gasteiger partial charge in [-0.05, 0) is 62.9 Å². The van der Waals surface area contributed by atoms with Crippen molar-refractivity contribution in [3.05, 3.63) is 53.3 Å². The van der Waals surface area contributed by atoms with Crippen LogP contribution in [0.2, 0.25) is 0 Å². The Balaban J connectivity index is 1.95. The molecule has 1 aromatic heterocycles. The van der Waals surface area contributed by atoms with Crippen LogP contribution in [0.1, 0.15) is 43.9 Å². The van der Waals surface area contributed by atoms with E-state index in [4.69, 9.17) is 5.11 Å². The normalized spacial score (nSPS) is 12.4. The summed E-state index contributed by atoms with van der Waals surface area (Å²) in [5.41, 5.74) is 1.35. The Kier molecular flexibility index (Phi) is 6.60. The van der Waals surface area contributed by atoms with Crippen molar-refractivity contribution in [1.82, 2.24) is 10.3 Å². The maximum Gasteiger partial charge on any atom is 0.404 e. The van der Waals surface area contributed by atoms with Gasteiger partial charge >= 0.3 is 6.09 Å². The summed E-state index contributed by atoms with van der Waals surface area (Å²) in [5, 5.41) is 24.4. The maximum atomic E-state index is 14.0. The highest BCUT2D eigenvalue weighted by Crippen LogP contribution is 2.27. The molecule has 0 aliphatic carbocycles. The molecule has 0 bridgehead atoms. The van der Waals surface area contributed by atoms with Gasteiger partial charge in [0.2, 0.25) is 0 Å². The van der Waals surface area contributed by atoms with Crippen molar-refractivity contribution in [2.45, 2.75) is 51.9 Å². The van der Waals surface area contributed by atoms with E-state index in [1.165, 1.54) is 20.0 Å². The summed E-state index contributed by atoms with van der Waals surface area (Å²) in [6.07, 6.45) is 3.41. The molecule has 0 fully saturated rings. The minimum absolute atomic E-state index is 0.112. The van der Waals surface area contributed by atoms with E-state index in [2.05, 4.69) is 15.6 Å². The van der Waals surface area contributed by atoms with Crippen molar-refractivity contribution in [3.8, 4) is 5.75 Å². The number of halogens is 1. The molecule has 0 aliphatic rings. The quantitative estimate of drug-likeness (QED) is 0.519. The second kappa shape index (κ2) is 8.70. The lowest BCUT2D eigenvalue weighted by Crippen LogP contribution is -2.31. The molecule has 2 rings (SSSR count). The van der Waals surface area contributed by atoms with E-state index in [0.717, 1.165) is 11.1 Å². The fourth-order valence-electron chi connectivity index (χ4n) is 2.65. The highest BCUT2D eigenvalue weighted by molar-refractivity contribution is 5.64. The Labute approximate surface area is 158 Å². The van der Waals surface area contributed by atoms with Gasteiger partial charge in [0, 0.05) is 30.5 Å². The number of anilines is 1. The van der Waals surface area contributed by atoms with E-state index in [-0.39, 0.29) is 11.8 Å². The van der Waals surface area contributed by atoms with E-state index in [1.54, 1.807) is 31.3 Å². The molecule has 0 spiro atoms. The van der Waals surface area contributed by atoms with E-state index >= 15 is 0 Å². The number of aromatic nitrogens is 1. The summed E-state index contributed by atoms with van der Waals surface area (Å²) in [4.78, 5) is 14.7. The third-order valence-corrected chi connectivity index (χ3v) is 4.26. The topological polar surface area (TPSA) is 94.5 Å². The number of nitrogens with one attached hydrogen (secondary N) is 2. The smallest absolute Gasteiger partial charge is 0.404 e. The molecule has 27 heavy (non-hydrogen) atoms. The van der Waals surface area contributed by atoms with Crippen molar-refractivity contribution >= 4 is 11.8 Å². The molecule has 2 aromatic rings. The number of phenolic OH excluding ortho intramolecular Hbond substituents is 1. The number of nitrogens with zero attached hydrogens (tertiary/aromatic N) is 1. The Morgan fingerprint density at radius 2 is 2.00 bits per heavy atom. The van der Waals surface area contributed by atoms with E-state index in [0.29, 0.717) is 30.6 Å². The average Bonchev–Trinajstić information content (AvgIpc) is 2.58.